The van der Waals surface area contributed by atoms with Crippen LogP contribution in [0.1, 0.15) is 17.0 Å². The van der Waals surface area contributed by atoms with Crippen LogP contribution in [0.2, 0.25) is 0 Å². The SMILES string of the molecule is NOCC(CO)c1ccccc1C(F)(F)F. The van der Waals surface area contributed by atoms with Crippen LogP contribution in [0.5, 0.6) is 0 Å². The molecule has 0 aliphatic heterocycles. The fraction of sp³-hybridized carbons (Fsp3) is 0.400. The van der Waals surface area contributed by atoms with Crippen LogP contribution < -0.4 is 5.90 Å². The van der Waals surface area contributed by atoms with Crippen LogP contribution in [-0.2, 0) is 11.0 Å². The molecule has 3 N–H and O–H groups in total. The first-order valence-electron chi connectivity index (χ1n) is 4.59. The predicted molar refractivity (Wildman–Crippen MR) is 51.4 cm³/mol. The van der Waals surface area contributed by atoms with E-state index in [0.717, 1.165) is 6.07 Å². The van der Waals surface area contributed by atoms with E-state index in [9.17, 15) is 13.2 Å². The van der Waals surface area contributed by atoms with E-state index in [2.05, 4.69) is 4.84 Å². The quantitative estimate of drug-likeness (QED) is 0.780. The number of alkyl halides is 3. The number of halogens is 3. The number of hydrogen-bond donors (Lipinski definition) is 2. The summed E-state index contributed by atoms with van der Waals surface area (Å²) in [6.45, 7) is -0.617. The van der Waals surface area contributed by atoms with Gasteiger partial charge in [0.2, 0.25) is 0 Å². The molecule has 1 aromatic carbocycles. The summed E-state index contributed by atoms with van der Waals surface area (Å²) < 4.78 is 37.9. The van der Waals surface area contributed by atoms with Gasteiger partial charge in [0.15, 0.2) is 0 Å². The molecule has 0 saturated heterocycles. The Bertz CT molecular complexity index is 341. The molecule has 0 spiro atoms. The van der Waals surface area contributed by atoms with E-state index in [1.165, 1.54) is 18.2 Å². The summed E-state index contributed by atoms with van der Waals surface area (Å²) in [5, 5.41) is 9.00. The van der Waals surface area contributed by atoms with Crippen molar-refractivity contribution in [3.05, 3.63) is 35.4 Å². The minimum atomic E-state index is -4.45. The predicted octanol–water partition coefficient (Wildman–Crippen LogP) is 1.67. The lowest BCUT2D eigenvalue weighted by atomic mass is 9.95. The molecule has 0 aliphatic carbocycles. The number of nitrogens with two attached hydrogens (primary N) is 1. The first kappa shape index (κ1) is 13.0. The van der Waals surface area contributed by atoms with Crippen LogP contribution in [0.4, 0.5) is 13.2 Å². The average molecular weight is 235 g/mol. The highest BCUT2D eigenvalue weighted by molar-refractivity contribution is 5.32. The van der Waals surface area contributed by atoms with E-state index >= 15 is 0 Å². The van der Waals surface area contributed by atoms with Crippen molar-refractivity contribution in [2.24, 2.45) is 5.90 Å². The third-order valence-electron chi connectivity index (χ3n) is 2.22. The van der Waals surface area contributed by atoms with Gasteiger partial charge in [-0.25, -0.2) is 5.90 Å². The maximum Gasteiger partial charge on any atom is 0.416 e. The maximum absolute atomic E-state index is 12.6. The molecule has 16 heavy (non-hydrogen) atoms. The van der Waals surface area contributed by atoms with Gasteiger partial charge in [-0.3, -0.25) is 0 Å². The Morgan fingerprint density at radius 3 is 2.44 bits per heavy atom. The number of hydrogen-bond acceptors (Lipinski definition) is 3. The molecule has 0 radical (unpaired) electrons. The summed E-state index contributed by atoms with van der Waals surface area (Å²) in [5.74, 6) is 4.03. The lowest BCUT2D eigenvalue weighted by Crippen LogP contribution is -2.19. The molecule has 3 nitrogen and oxygen atoms in total. The molecule has 1 rings (SSSR count). The second kappa shape index (κ2) is 5.29. The fourth-order valence-electron chi connectivity index (χ4n) is 1.47. The van der Waals surface area contributed by atoms with Crippen molar-refractivity contribution in [3.8, 4) is 0 Å². The van der Waals surface area contributed by atoms with Gasteiger partial charge in [0.25, 0.3) is 0 Å². The summed E-state index contributed by atoms with van der Waals surface area (Å²) in [7, 11) is 0. The van der Waals surface area contributed by atoms with Crippen molar-refractivity contribution in [2.75, 3.05) is 13.2 Å². The molecule has 0 saturated carbocycles. The minimum absolute atomic E-state index is 0.0112. The lowest BCUT2D eigenvalue weighted by Gasteiger charge is -2.18. The molecular weight excluding hydrogens is 223 g/mol. The van der Waals surface area contributed by atoms with Gasteiger partial charge < -0.3 is 9.94 Å². The average Bonchev–Trinajstić information content (AvgIpc) is 2.25. The Kier molecular flexibility index (Phi) is 4.28. The van der Waals surface area contributed by atoms with Crippen molar-refractivity contribution in [2.45, 2.75) is 12.1 Å². The second-order valence-corrected chi connectivity index (χ2v) is 3.30. The maximum atomic E-state index is 12.6. The van der Waals surface area contributed by atoms with Crippen LogP contribution in [0.3, 0.4) is 0 Å². The van der Waals surface area contributed by atoms with Crippen molar-refractivity contribution in [1.82, 2.24) is 0 Å². The number of aliphatic hydroxyl groups excluding tert-OH is 1. The van der Waals surface area contributed by atoms with Gasteiger partial charge in [-0.1, -0.05) is 18.2 Å². The first-order valence-corrected chi connectivity index (χ1v) is 4.59. The summed E-state index contributed by atoms with van der Waals surface area (Å²) in [6.07, 6.45) is -4.45. The van der Waals surface area contributed by atoms with Crippen LogP contribution >= 0.6 is 0 Å². The molecule has 0 heterocycles. The van der Waals surface area contributed by atoms with E-state index in [1.54, 1.807) is 0 Å². The van der Waals surface area contributed by atoms with Crippen LogP contribution in [-0.4, -0.2) is 18.3 Å². The number of rotatable bonds is 4. The highest BCUT2D eigenvalue weighted by Crippen LogP contribution is 2.34. The highest BCUT2D eigenvalue weighted by Gasteiger charge is 2.34. The van der Waals surface area contributed by atoms with Gasteiger partial charge in [0.1, 0.15) is 0 Å². The Hall–Kier alpha value is -1.11. The molecule has 90 valence electrons. The van der Waals surface area contributed by atoms with Crippen LogP contribution in [0, 0.1) is 0 Å². The molecule has 0 aliphatic rings. The van der Waals surface area contributed by atoms with Gasteiger partial charge in [-0.2, -0.15) is 13.2 Å². The first-order chi connectivity index (χ1) is 7.50. The smallest absolute Gasteiger partial charge is 0.396 e. The van der Waals surface area contributed by atoms with Crippen molar-refractivity contribution < 1.29 is 23.1 Å². The largest absolute Gasteiger partial charge is 0.416 e. The molecule has 0 aromatic heterocycles. The summed E-state index contributed by atoms with van der Waals surface area (Å²) in [4.78, 5) is 4.29. The summed E-state index contributed by atoms with van der Waals surface area (Å²) >= 11 is 0. The zero-order chi connectivity index (χ0) is 12.2. The number of benzene rings is 1. The molecule has 1 aromatic rings. The Balaban J connectivity index is 3.11. The van der Waals surface area contributed by atoms with E-state index in [1.807, 2.05) is 0 Å². The van der Waals surface area contributed by atoms with Crippen LogP contribution in [0.15, 0.2) is 24.3 Å². The van der Waals surface area contributed by atoms with Gasteiger partial charge in [0, 0.05) is 5.92 Å². The molecule has 0 bridgehead atoms. The van der Waals surface area contributed by atoms with Gasteiger partial charge in [0.05, 0.1) is 18.8 Å². The second-order valence-electron chi connectivity index (χ2n) is 3.30. The fourth-order valence-corrected chi connectivity index (χ4v) is 1.47. The van der Waals surface area contributed by atoms with E-state index < -0.39 is 24.3 Å². The monoisotopic (exact) mass is 235 g/mol. The highest BCUT2D eigenvalue weighted by atomic mass is 19.4. The molecule has 0 fully saturated rings. The van der Waals surface area contributed by atoms with Gasteiger partial charge in [-0.05, 0) is 11.6 Å². The topological polar surface area (TPSA) is 55.5 Å². The molecule has 1 atom stereocenters. The molecular formula is C10H12F3NO2. The number of aliphatic hydroxyl groups is 1. The van der Waals surface area contributed by atoms with Crippen molar-refractivity contribution in [3.63, 3.8) is 0 Å². The third kappa shape index (κ3) is 2.94. The zero-order valence-electron chi connectivity index (χ0n) is 8.37. The third-order valence-corrected chi connectivity index (χ3v) is 2.22. The van der Waals surface area contributed by atoms with Gasteiger partial charge >= 0.3 is 6.18 Å². The van der Waals surface area contributed by atoms with Crippen LogP contribution in [0.25, 0.3) is 0 Å². The Morgan fingerprint density at radius 2 is 1.94 bits per heavy atom. The van der Waals surface area contributed by atoms with E-state index in [0.29, 0.717) is 0 Å². The van der Waals surface area contributed by atoms with Gasteiger partial charge in [-0.15, -0.1) is 0 Å². The van der Waals surface area contributed by atoms with E-state index in [-0.39, 0.29) is 12.2 Å². The Labute approximate surface area is 90.6 Å². The Morgan fingerprint density at radius 1 is 1.31 bits per heavy atom. The van der Waals surface area contributed by atoms with Crippen molar-refractivity contribution in [1.29, 1.82) is 0 Å². The molecule has 1 unspecified atom stereocenters. The normalized spacial score (nSPS) is 13.8. The standard InChI is InChI=1S/C10H12F3NO2/c11-10(12,13)9-4-2-1-3-8(9)7(5-15)6-16-14/h1-4,7,15H,5-6,14H2. The summed E-state index contributed by atoms with van der Waals surface area (Å²) in [5.41, 5.74) is -0.783. The molecule has 0 amide bonds. The lowest BCUT2D eigenvalue weighted by molar-refractivity contribution is -0.138. The minimum Gasteiger partial charge on any atom is -0.396 e. The van der Waals surface area contributed by atoms with E-state index in [4.69, 9.17) is 11.0 Å². The molecule has 6 heteroatoms. The summed E-state index contributed by atoms with van der Waals surface area (Å²) in [6, 6.07) is 5.05. The zero-order valence-corrected chi connectivity index (χ0v) is 8.37. The van der Waals surface area contributed by atoms with Crippen molar-refractivity contribution >= 4 is 0 Å².